The van der Waals surface area contributed by atoms with Crippen molar-refractivity contribution in [1.82, 2.24) is 15.4 Å². The molecule has 5 nitrogen and oxygen atoms in total. The van der Waals surface area contributed by atoms with Crippen LogP contribution >= 0.6 is 0 Å². The van der Waals surface area contributed by atoms with Crippen LogP contribution in [-0.4, -0.2) is 15.9 Å². The minimum Gasteiger partial charge on any atom is -0.272 e. The van der Waals surface area contributed by atoms with Gasteiger partial charge in [-0.2, -0.15) is 0 Å². The first-order valence-corrected chi connectivity index (χ1v) is 8.20. The lowest BCUT2D eigenvalue weighted by atomic mass is 9.96. The maximum Gasteiger partial charge on any atom is 0.250 e. The molecule has 0 fully saturated rings. The molecule has 1 aromatic heterocycles. The minimum atomic E-state index is -0.342. The van der Waals surface area contributed by atoms with Gasteiger partial charge in [0.15, 0.2) is 0 Å². The number of carbonyl (C=O) groups is 1. The zero-order valence-electron chi connectivity index (χ0n) is 14.1. The highest BCUT2D eigenvalue weighted by Crippen LogP contribution is 2.44. The summed E-state index contributed by atoms with van der Waals surface area (Å²) < 4.78 is 0. The number of anilines is 1. The summed E-state index contributed by atoms with van der Waals surface area (Å²) in [6, 6.07) is 17.9. The molecule has 5 heteroatoms. The third-order valence-corrected chi connectivity index (χ3v) is 4.38. The van der Waals surface area contributed by atoms with Gasteiger partial charge in [0.1, 0.15) is 0 Å². The van der Waals surface area contributed by atoms with E-state index < -0.39 is 0 Å². The highest BCUT2D eigenvalue weighted by Gasteiger charge is 2.33. The van der Waals surface area contributed by atoms with Crippen molar-refractivity contribution in [2.45, 2.75) is 19.8 Å². The number of aromatic nitrogens is 2. The van der Waals surface area contributed by atoms with Crippen molar-refractivity contribution in [3.05, 3.63) is 77.1 Å². The quantitative estimate of drug-likeness (QED) is 0.723. The largest absolute Gasteiger partial charge is 0.272 e. The number of carbonyl (C=O) groups excluding carboxylic acids is 1. The summed E-state index contributed by atoms with van der Waals surface area (Å²) in [5.41, 5.74) is 11.6. The molecule has 0 saturated heterocycles. The third kappa shape index (κ3) is 2.74. The van der Waals surface area contributed by atoms with Crippen LogP contribution in [0.3, 0.4) is 0 Å². The van der Waals surface area contributed by atoms with Crippen LogP contribution in [0.5, 0.6) is 0 Å². The summed E-state index contributed by atoms with van der Waals surface area (Å²) in [6.45, 7) is 3.79. The fourth-order valence-electron chi connectivity index (χ4n) is 3.41. The molecule has 0 spiro atoms. The molecule has 0 radical (unpaired) electrons. The zero-order chi connectivity index (χ0) is 17.4. The van der Waals surface area contributed by atoms with Gasteiger partial charge in [0.2, 0.25) is 11.9 Å². The fourth-order valence-corrected chi connectivity index (χ4v) is 3.41. The van der Waals surface area contributed by atoms with E-state index >= 15 is 0 Å². The maximum atomic E-state index is 12.9. The van der Waals surface area contributed by atoms with Crippen molar-refractivity contribution >= 4 is 11.9 Å². The van der Waals surface area contributed by atoms with E-state index in [1.54, 1.807) is 0 Å². The van der Waals surface area contributed by atoms with E-state index in [0.717, 1.165) is 33.6 Å². The summed E-state index contributed by atoms with van der Waals surface area (Å²) in [5, 5.41) is 0. The van der Waals surface area contributed by atoms with E-state index in [0.29, 0.717) is 5.95 Å². The Morgan fingerprint density at radius 1 is 0.880 bits per heavy atom. The molecule has 124 valence electrons. The van der Waals surface area contributed by atoms with Crippen molar-refractivity contribution in [3.63, 3.8) is 0 Å². The van der Waals surface area contributed by atoms with Crippen LogP contribution in [0.1, 0.15) is 28.4 Å². The highest BCUT2D eigenvalue weighted by atomic mass is 16.2. The Hall–Kier alpha value is -3.21. The van der Waals surface area contributed by atoms with Crippen LogP contribution in [0.2, 0.25) is 0 Å². The SMILES string of the molecule is Cc1cc(C)nc(NNC(=O)C2c3ccccc3-c3ccccc32)n1. The summed E-state index contributed by atoms with van der Waals surface area (Å²) in [7, 11) is 0. The summed E-state index contributed by atoms with van der Waals surface area (Å²) in [6.07, 6.45) is 0. The maximum absolute atomic E-state index is 12.9. The predicted molar refractivity (Wildman–Crippen MR) is 97.0 cm³/mol. The van der Waals surface area contributed by atoms with Gasteiger partial charge >= 0.3 is 0 Å². The first-order chi connectivity index (χ1) is 12.1. The summed E-state index contributed by atoms with van der Waals surface area (Å²) in [5.74, 6) is -0.0728. The molecule has 0 unspecified atom stereocenters. The van der Waals surface area contributed by atoms with E-state index in [1.807, 2.05) is 56.3 Å². The van der Waals surface area contributed by atoms with Crippen LogP contribution < -0.4 is 10.9 Å². The van der Waals surface area contributed by atoms with Crippen molar-refractivity contribution in [1.29, 1.82) is 0 Å². The Morgan fingerprint density at radius 3 is 1.96 bits per heavy atom. The lowest BCUT2D eigenvalue weighted by molar-refractivity contribution is -0.121. The molecular formula is C20H18N4O. The van der Waals surface area contributed by atoms with E-state index in [-0.39, 0.29) is 11.8 Å². The number of hydrogen-bond donors (Lipinski definition) is 2. The molecule has 1 aliphatic carbocycles. The van der Waals surface area contributed by atoms with Crippen LogP contribution in [0.25, 0.3) is 11.1 Å². The first kappa shape index (κ1) is 15.3. The van der Waals surface area contributed by atoms with Crippen LogP contribution in [-0.2, 0) is 4.79 Å². The second-order valence-corrected chi connectivity index (χ2v) is 6.20. The number of nitrogens with zero attached hydrogens (tertiary/aromatic N) is 2. The van der Waals surface area contributed by atoms with Gasteiger partial charge in [0.05, 0.1) is 5.92 Å². The van der Waals surface area contributed by atoms with Gasteiger partial charge in [0.25, 0.3) is 0 Å². The lowest BCUT2D eigenvalue weighted by Gasteiger charge is -2.15. The molecule has 0 bridgehead atoms. The van der Waals surface area contributed by atoms with Gasteiger partial charge in [-0.15, -0.1) is 0 Å². The average molecular weight is 330 g/mol. The number of aryl methyl sites for hydroxylation is 2. The number of rotatable bonds is 3. The summed E-state index contributed by atoms with van der Waals surface area (Å²) in [4.78, 5) is 21.5. The van der Waals surface area contributed by atoms with Gasteiger partial charge in [-0.25, -0.2) is 9.97 Å². The van der Waals surface area contributed by atoms with E-state index in [1.165, 1.54) is 0 Å². The topological polar surface area (TPSA) is 66.9 Å². The van der Waals surface area contributed by atoms with Gasteiger partial charge < -0.3 is 0 Å². The molecule has 0 atom stereocenters. The molecule has 3 aromatic rings. The van der Waals surface area contributed by atoms with Crippen molar-refractivity contribution in [3.8, 4) is 11.1 Å². The van der Waals surface area contributed by atoms with Crippen molar-refractivity contribution in [2.75, 3.05) is 5.43 Å². The third-order valence-electron chi connectivity index (χ3n) is 4.38. The van der Waals surface area contributed by atoms with Gasteiger partial charge in [-0.05, 0) is 42.2 Å². The molecular weight excluding hydrogens is 312 g/mol. The smallest absolute Gasteiger partial charge is 0.250 e. The molecule has 0 saturated carbocycles. The van der Waals surface area contributed by atoms with Gasteiger partial charge in [-0.1, -0.05) is 48.5 Å². The van der Waals surface area contributed by atoms with Gasteiger partial charge in [0, 0.05) is 11.4 Å². The Kier molecular flexibility index (Phi) is 3.69. The van der Waals surface area contributed by atoms with E-state index in [9.17, 15) is 4.79 Å². The van der Waals surface area contributed by atoms with Crippen LogP contribution in [0.4, 0.5) is 5.95 Å². The van der Waals surface area contributed by atoms with E-state index in [4.69, 9.17) is 0 Å². The highest BCUT2D eigenvalue weighted by molar-refractivity contribution is 5.96. The zero-order valence-corrected chi connectivity index (χ0v) is 14.1. The molecule has 4 rings (SSSR count). The van der Waals surface area contributed by atoms with Crippen molar-refractivity contribution < 1.29 is 4.79 Å². The van der Waals surface area contributed by atoms with Crippen LogP contribution in [0.15, 0.2) is 54.6 Å². The Balaban J connectivity index is 1.62. The molecule has 25 heavy (non-hydrogen) atoms. The number of hydrazine groups is 1. The molecule has 1 amide bonds. The first-order valence-electron chi connectivity index (χ1n) is 8.20. The standard InChI is InChI=1S/C20H18N4O/c1-12-11-13(2)22-20(21-12)24-23-19(25)18-16-9-5-3-7-14(16)15-8-4-6-10-17(15)18/h3-11,18H,1-2H3,(H,23,25)(H,21,22,24). The molecule has 1 heterocycles. The number of hydrogen-bond acceptors (Lipinski definition) is 4. The number of nitrogens with one attached hydrogen (secondary N) is 2. The number of fused-ring (bicyclic) bond motifs is 3. The van der Waals surface area contributed by atoms with Gasteiger partial charge in [-0.3, -0.25) is 15.6 Å². The average Bonchev–Trinajstić information content (AvgIpc) is 2.93. The minimum absolute atomic E-state index is 0.125. The van der Waals surface area contributed by atoms with Crippen LogP contribution in [0, 0.1) is 13.8 Å². The Labute approximate surface area is 146 Å². The number of amides is 1. The lowest BCUT2D eigenvalue weighted by Crippen LogP contribution is -2.34. The molecule has 0 aliphatic heterocycles. The Bertz CT molecular complexity index is 902. The second kappa shape index (κ2) is 6.02. The molecule has 1 aliphatic rings. The Morgan fingerprint density at radius 2 is 1.40 bits per heavy atom. The number of benzene rings is 2. The summed E-state index contributed by atoms with van der Waals surface area (Å²) >= 11 is 0. The predicted octanol–water partition coefficient (Wildman–Crippen LogP) is 3.35. The fraction of sp³-hybridized carbons (Fsp3) is 0.150. The monoisotopic (exact) mass is 330 g/mol. The molecule has 2 aromatic carbocycles. The molecule has 2 N–H and O–H groups in total. The normalized spacial score (nSPS) is 12.4. The second-order valence-electron chi connectivity index (χ2n) is 6.20. The van der Waals surface area contributed by atoms with Crippen molar-refractivity contribution in [2.24, 2.45) is 0 Å². The van der Waals surface area contributed by atoms with E-state index in [2.05, 4.69) is 33.0 Å².